The first-order valence-electron chi connectivity index (χ1n) is 5.05. The highest BCUT2D eigenvalue weighted by molar-refractivity contribution is 6.11. The summed E-state index contributed by atoms with van der Waals surface area (Å²) in [6.07, 6.45) is 0. The highest BCUT2D eigenvalue weighted by atomic mass is 16.3. The lowest BCUT2D eigenvalue weighted by Crippen LogP contribution is -1.74. The monoisotopic (exact) mass is 211 g/mol. The molecule has 3 aromatic rings. The van der Waals surface area contributed by atoms with E-state index < -0.39 is 0 Å². The first-order valence-corrected chi connectivity index (χ1v) is 5.05. The molecule has 0 spiro atoms. The van der Waals surface area contributed by atoms with Crippen molar-refractivity contribution >= 4 is 27.6 Å². The molecule has 2 aromatic carbocycles. The zero-order valence-electron chi connectivity index (χ0n) is 8.73. The van der Waals surface area contributed by atoms with E-state index in [2.05, 4.69) is 5.18 Å². The van der Waals surface area contributed by atoms with Crippen LogP contribution < -0.4 is 0 Å². The van der Waals surface area contributed by atoms with Crippen LogP contribution in [-0.2, 0) is 0 Å². The van der Waals surface area contributed by atoms with Gasteiger partial charge in [-0.3, -0.25) is 0 Å². The predicted molar refractivity (Wildman–Crippen MR) is 63.9 cm³/mol. The molecule has 1 aromatic heterocycles. The standard InChI is InChI=1S/C13H9NO2/c1-8-6-7-11-12(13(8)14-15)9-4-2-3-5-10(9)16-11/h2-7H,1H3. The summed E-state index contributed by atoms with van der Waals surface area (Å²) in [6.45, 7) is 1.87. The van der Waals surface area contributed by atoms with Gasteiger partial charge < -0.3 is 4.42 Å². The van der Waals surface area contributed by atoms with Crippen molar-refractivity contribution in [3.8, 4) is 0 Å². The summed E-state index contributed by atoms with van der Waals surface area (Å²) in [4.78, 5) is 10.9. The van der Waals surface area contributed by atoms with Crippen LogP contribution in [-0.4, -0.2) is 0 Å². The maximum absolute atomic E-state index is 10.9. The van der Waals surface area contributed by atoms with E-state index in [0.29, 0.717) is 11.3 Å². The van der Waals surface area contributed by atoms with Crippen molar-refractivity contribution < 1.29 is 4.42 Å². The van der Waals surface area contributed by atoms with Gasteiger partial charge in [0.2, 0.25) is 0 Å². The number of benzene rings is 2. The van der Waals surface area contributed by atoms with Crippen LogP contribution in [0.3, 0.4) is 0 Å². The van der Waals surface area contributed by atoms with Crippen LogP contribution in [0.15, 0.2) is 46.0 Å². The molecule has 0 bridgehead atoms. The third kappa shape index (κ3) is 1.08. The number of hydrogen-bond acceptors (Lipinski definition) is 3. The molecule has 3 nitrogen and oxygen atoms in total. The number of aryl methyl sites for hydroxylation is 1. The van der Waals surface area contributed by atoms with Crippen molar-refractivity contribution in [2.75, 3.05) is 0 Å². The molecule has 78 valence electrons. The Morgan fingerprint density at radius 3 is 2.69 bits per heavy atom. The van der Waals surface area contributed by atoms with Gasteiger partial charge in [0.15, 0.2) is 0 Å². The quantitative estimate of drug-likeness (QED) is 0.563. The molecular formula is C13H9NO2. The summed E-state index contributed by atoms with van der Waals surface area (Å²) >= 11 is 0. The summed E-state index contributed by atoms with van der Waals surface area (Å²) in [5, 5.41) is 4.86. The Labute approximate surface area is 91.6 Å². The molecule has 0 aliphatic heterocycles. The first-order chi connectivity index (χ1) is 7.81. The van der Waals surface area contributed by atoms with Crippen molar-refractivity contribution in [2.45, 2.75) is 6.92 Å². The van der Waals surface area contributed by atoms with Crippen LogP contribution in [0.4, 0.5) is 5.69 Å². The summed E-state index contributed by atoms with van der Waals surface area (Å²) in [6, 6.07) is 11.4. The van der Waals surface area contributed by atoms with Crippen LogP contribution >= 0.6 is 0 Å². The maximum Gasteiger partial charge on any atom is 0.137 e. The van der Waals surface area contributed by atoms with E-state index >= 15 is 0 Å². The van der Waals surface area contributed by atoms with Crippen molar-refractivity contribution in [2.24, 2.45) is 5.18 Å². The lowest BCUT2D eigenvalue weighted by atomic mass is 10.1. The molecule has 16 heavy (non-hydrogen) atoms. The van der Waals surface area contributed by atoms with E-state index in [4.69, 9.17) is 4.42 Å². The minimum atomic E-state index is 0.474. The second-order valence-electron chi connectivity index (χ2n) is 3.79. The molecule has 3 rings (SSSR count). The minimum absolute atomic E-state index is 0.474. The Hall–Kier alpha value is -2.16. The van der Waals surface area contributed by atoms with Gasteiger partial charge in [0.05, 0.1) is 5.39 Å². The molecule has 0 saturated heterocycles. The Morgan fingerprint density at radius 2 is 1.88 bits per heavy atom. The number of para-hydroxylation sites is 1. The van der Waals surface area contributed by atoms with Gasteiger partial charge in [-0.05, 0) is 29.8 Å². The van der Waals surface area contributed by atoms with Gasteiger partial charge in [0.25, 0.3) is 0 Å². The third-order valence-electron chi connectivity index (χ3n) is 2.81. The Morgan fingerprint density at radius 1 is 1.06 bits per heavy atom. The first kappa shape index (κ1) is 9.09. The van der Waals surface area contributed by atoms with E-state index in [0.717, 1.165) is 21.9 Å². The van der Waals surface area contributed by atoms with Gasteiger partial charge in [-0.1, -0.05) is 24.3 Å². The van der Waals surface area contributed by atoms with Crippen molar-refractivity contribution in [1.29, 1.82) is 0 Å². The fourth-order valence-corrected chi connectivity index (χ4v) is 2.02. The molecule has 0 N–H and O–H groups in total. The van der Waals surface area contributed by atoms with Crippen molar-refractivity contribution in [3.63, 3.8) is 0 Å². The molecule has 3 heteroatoms. The van der Waals surface area contributed by atoms with Crippen LogP contribution in [0.5, 0.6) is 0 Å². The average Bonchev–Trinajstić information content (AvgIpc) is 2.68. The van der Waals surface area contributed by atoms with E-state index in [1.54, 1.807) is 0 Å². The summed E-state index contributed by atoms with van der Waals surface area (Å²) < 4.78 is 5.65. The van der Waals surface area contributed by atoms with Crippen LogP contribution in [0.25, 0.3) is 21.9 Å². The third-order valence-corrected chi connectivity index (χ3v) is 2.81. The summed E-state index contributed by atoms with van der Waals surface area (Å²) in [7, 11) is 0. The number of nitrogens with zero attached hydrogens (tertiary/aromatic N) is 1. The molecule has 0 radical (unpaired) electrons. The zero-order chi connectivity index (χ0) is 11.1. The fourth-order valence-electron chi connectivity index (χ4n) is 2.02. The zero-order valence-corrected chi connectivity index (χ0v) is 8.73. The maximum atomic E-state index is 10.9. The summed E-state index contributed by atoms with van der Waals surface area (Å²) in [5.41, 5.74) is 2.84. The van der Waals surface area contributed by atoms with Gasteiger partial charge in [0.1, 0.15) is 16.9 Å². The van der Waals surface area contributed by atoms with Gasteiger partial charge in [0, 0.05) is 5.39 Å². The Kier molecular flexibility index (Phi) is 1.80. The molecule has 0 saturated carbocycles. The number of furan rings is 1. The molecule has 0 aliphatic carbocycles. The fraction of sp³-hybridized carbons (Fsp3) is 0.0769. The van der Waals surface area contributed by atoms with Gasteiger partial charge in [-0.2, -0.15) is 0 Å². The Bertz CT molecular complexity index is 698. The molecule has 0 fully saturated rings. The number of hydrogen-bond donors (Lipinski definition) is 0. The predicted octanol–water partition coefficient (Wildman–Crippen LogP) is 4.29. The molecular weight excluding hydrogens is 202 g/mol. The minimum Gasteiger partial charge on any atom is -0.456 e. The van der Waals surface area contributed by atoms with E-state index in [1.165, 1.54) is 0 Å². The smallest absolute Gasteiger partial charge is 0.137 e. The number of fused-ring (bicyclic) bond motifs is 3. The van der Waals surface area contributed by atoms with Crippen molar-refractivity contribution in [3.05, 3.63) is 46.9 Å². The van der Waals surface area contributed by atoms with Crippen molar-refractivity contribution in [1.82, 2.24) is 0 Å². The number of rotatable bonds is 1. The molecule has 0 atom stereocenters. The second-order valence-corrected chi connectivity index (χ2v) is 3.79. The summed E-state index contributed by atoms with van der Waals surface area (Å²) in [5.74, 6) is 0. The average molecular weight is 211 g/mol. The number of nitroso groups, excluding NO2 is 1. The van der Waals surface area contributed by atoms with E-state index in [9.17, 15) is 4.91 Å². The van der Waals surface area contributed by atoms with Gasteiger partial charge in [-0.15, -0.1) is 4.91 Å². The van der Waals surface area contributed by atoms with Crippen LogP contribution in [0.1, 0.15) is 5.56 Å². The molecule has 0 aliphatic rings. The van der Waals surface area contributed by atoms with E-state index in [-0.39, 0.29) is 0 Å². The second kappa shape index (κ2) is 3.17. The van der Waals surface area contributed by atoms with Gasteiger partial charge >= 0.3 is 0 Å². The van der Waals surface area contributed by atoms with Crippen LogP contribution in [0.2, 0.25) is 0 Å². The SMILES string of the molecule is Cc1ccc2oc3ccccc3c2c1N=O. The highest BCUT2D eigenvalue weighted by Gasteiger charge is 2.12. The largest absolute Gasteiger partial charge is 0.456 e. The van der Waals surface area contributed by atoms with Crippen LogP contribution in [0, 0.1) is 11.8 Å². The molecule has 1 heterocycles. The Balaban J connectivity index is 2.62. The molecule has 0 amide bonds. The van der Waals surface area contributed by atoms with E-state index in [1.807, 2.05) is 43.3 Å². The highest BCUT2D eigenvalue weighted by Crippen LogP contribution is 2.37. The van der Waals surface area contributed by atoms with Gasteiger partial charge in [-0.25, -0.2) is 0 Å². The molecule has 0 unspecified atom stereocenters. The topological polar surface area (TPSA) is 42.6 Å². The normalized spacial score (nSPS) is 11.1. The lowest BCUT2D eigenvalue weighted by molar-refractivity contribution is 0.669. The lowest BCUT2D eigenvalue weighted by Gasteiger charge is -1.97.